The molecule has 1 saturated carbocycles. The van der Waals surface area contributed by atoms with E-state index in [1.165, 1.54) is 12.8 Å². The Kier molecular flexibility index (Phi) is 3.14. The lowest BCUT2D eigenvalue weighted by Gasteiger charge is -2.26. The Bertz CT molecular complexity index is 226. The monoisotopic (exact) mass is 178 g/mol. The lowest BCUT2D eigenvalue weighted by Crippen LogP contribution is -2.28. The van der Waals surface area contributed by atoms with Gasteiger partial charge in [0, 0.05) is 5.41 Å². The lowest BCUT2D eigenvalue weighted by atomic mass is 9.75. The van der Waals surface area contributed by atoms with Gasteiger partial charge in [0.1, 0.15) is 0 Å². The highest BCUT2D eigenvalue weighted by atomic mass is 16.1. The molecule has 0 aromatic carbocycles. The average molecular weight is 178 g/mol. The first-order chi connectivity index (χ1) is 6.10. The first kappa shape index (κ1) is 10.3. The standard InChI is InChI=1S/C12H18O/c1-4-11(13)12(9-10(2)3)7-5-6-8-12/h1,10H,5-9H2,2-3H3. The summed E-state index contributed by atoms with van der Waals surface area (Å²) in [5.41, 5.74) is -0.150. The molecule has 72 valence electrons. The molecule has 1 aliphatic carbocycles. The molecule has 1 heteroatoms. The summed E-state index contributed by atoms with van der Waals surface area (Å²) in [4.78, 5) is 11.6. The Hall–Kier alpha value is -0.770. The van der Waals surface area contributed by atoms with E-state index in [0.717, 1.165) is 19.3 Å². The minimum Gasteiger partial charge on any atom is -0.284 e. The second-order valence-electron chi connectivity index (χ2n) is 4.56. The number of Topliss-reactive ketones (excluding diaryl/α,β-unsaturated/α-hetero) is 1. The van der Waals surface area contributed by atoms with Crippen LogP contribution >= 0.6 is 0 Å². The van der Waals surface area contributed by atoms with Crippen LogP contribution in [0.25, 0.3) is 0 Å². The van der Waals surface area contributed by atoms with Gasteiger partial charge in [-0.15, -0.1) is 6.42 Å². The highest BCUT2D eigenvalue weighted by Crippen LogP contribution is 2.43. The van der Waals surface area contributed by atoms with Gasteiger partial charge in [-0.3, -0.25) is 4.79 Å². The highest BCUT2D eigenvalue weighted by molar-refractivity contribution is 5.99. The fourth-order valence-electron chi connectivity index (χ4n) is 2.51. The van der Waals surface area contributed by atoms with Gasteiger partial charge in [-0.1, -0.05) is 26.7 Å². The Morgan fingerprint density at radius 2 is 2.00 bits per heavy atom. The summed E-state index contributed by atoms with van der Waals surface area (Å²) < 4.78 is 0. The molecule has 0 heterocycles. The number of rotatable bonds is 3. The minimum absolute atomic E-state index is 0.0405. The summed E-state index contributed by atoms with van der Waals surface area (Å²) in [5, 5.41) is 0. The van der Waals surface area contributed by atoms with Crippen molar-refractivity contribution in [2.45, 2.75) is 46.0 Å². The quantitative estimate of drug-likeness (QED) is 0.480. The highest BCUT2D eigenvalue weighted by Gasteiger charge is 2.40. The van der Waals surface area contributed by atoms with Gasteiger partial charge in [0.25, 0.3) is 0 Å². The van der Waals surface area contributed by atoms with E-state index >= 15 is 0 Å². The Labute approximate surface area is 80.9 Å². The minimum atomic E-state index is -0.150. The maximum absolute atomic E-state index is 11.6. The van der Waals surface area contributed by atoms with E-state index in [1.54, 1.807) is 0 Å². The SMILES string of the molecule is C#CC(=O)C1(CC(C)C)CCCC1. The van der Waals surface area contributed by atoms with Crippen LogP contribution in [0.1, 0.15) is 46.0 Å². The number of hydrogen-bond donors (Lipinski definition) is 0. The van der Waals surface area contributed by atoms with Crippen molar-refractivity contribution in [2.24, 2.45) is 11.3 Å². The second-order valence-corrected chi connectivity index (χ2v) is 4.56. The van der Waals surface area contributed by atoms with Crippen LogP contribution in [0.15, 0.2) is 0 Å². The Morgan fingerprint density at radius 3 is 2.38 bits per heavy atom. The van der Waals surface area contributed by atoms with E-state index in [2.05, 4.69) is 19.8 Å². The number of terminal acetylenes is 1. The number of carbonyl (C=O) groups is 1. The molecule has 0 aromatic rings. The molecular weight excluding hydrogens is 160 g/mol. The third-order valence-corrected chi connectivity index (χ3v) is 2.97. The van der Waals surface area contributed by atoms with Crippen LogP contribution in [0.2, 0.25) is 0 Å². The van der Waals surface area contributed by atoms with Crippen molar-refractivity contribution in [3.63, 3.8) is 0 Å². The summed E-state index contributed by atoms with van der Waals surface area (Å²) in [6.45, 7) is 4.31. The topological polar surface area (TPSA) is 17.1 Å². The van der Waals surface area contributed by atoms with Crippen molar-refractivity contribution < 1.29 is 4.79 Å². The summed E-state index contributed by atoms with van der Waals surface area (Å²) in [5.74, 6) is 2.92. The van der Waals surface area contributed by atoms with Gasteiger partial charge in [-0.05, 0) is 31.1 Å². The molecular formula is C12H18O. The van der Waals surface area contributed by atoms with E-state index in [0.29, 0.717) is 5.92 Å². The third kappa shape index (κ3) is 2.12. The normalized spacial score (nSPS) is 20.2. The molecule has 1 nitrogen and oxygen atoms in total. The number of carbonyl (C=O) groups excluding carboxylic acids is 1. The molecule has 0 spiro atoms. The van der Waals surface area contributed by atoms with Crippen molar-refractivity contribution in [3.05, 3.63) is 0 Å². The zero-order chi connectivity index (χ0) is 9.90. The van der Waals surface area contributed by atoms with Crippen LogP contribution in [-0.2, 0) is 4.79 Å². The van der Waals surface area contributed by atoms with Crippen LogP contribution in [0.4, 0.5) is 0 Å². The van der Waals surface area contributed by atoms with E-state index in [9.17, 15) is 4.79 Å². The molecule has 0 aromatic heterocycles. The van der Waals surface area contributed by atoms with Crippen LogP contribution < -0.4 is 0 Å². The smallest absolute Gasteiger partial charge is 0.211 e. The molecule has 0 radical (unpaired) electrons. The number of hydrogen-bond acceptors (Lipinski definition) is 1. The van der Waals surface area contributed by atoms with Gasteiger partial charge in [0.05, 0.1) is 0 Å². The third-order valence-electron chi connectivity index (χ3n) is 2.97. The van der Waals surface area contributed by atoms with Crippen molar-refractivity contribution in [1.29, 1.82) is 0 Å². The molecule has 0 bridgehead atoms. The van der Waals surface area contributed by atoms with E-state index < -0.39 is 0 Å². The second kappa shape index (κ2) is 3.96. The van der Waals surface area contributed by atoms with Gasteiger partial charge < -0.3 is 0 Å². The maximum atomic E-state index is 11.6. The number of ketones is 1. The van der Waals surface area contributed by atoms with Crippen LogP contribution in [0, 0.1) is 23.7 Å². The van der Waals surface area contributed by atoms with E-state index in [1.807, 2.05) is 0 Å². The predicted octanol–water partition coefficient (Wildman–Crippen LogP) is 2.80. The van der Waals surface area contributed by atoms with Gasteiger partial charge in [0.2, 0.25) is 5.78 Å². The summed E-state index contributed by atoms with van der Waals surface area (Å²) >= 11 is 0. The fourth-order valence-corrected chi connectivity index (χ4v) is 2.51. The predicted molar refractivity (Wildman–Crippen MR) is 54.2 cm³/mol. The van der Waals surface area contributed by atoms with Gasteiger partial charge in [0.15, 0.2) is 0 Å². The van der Waals surface area contributed by atoms with Gasteiger partial charge >= 0.3 is 0 Å². The molecule has 1 rings (SSSR count). The van der Waals surface area contributed by atoms with E-state index in [4.69, 9.17) is 6.42 Å². The molecule has 0 unspecified atom stereocenters. The van der Waals surface area contributed by atoms with Gasteiger partial charge in [-0.2, -0.15) is 0 Å². The summed E-state index contributed by atoms with van der Waals surface area (Å²) in [7, 11) is 0. The zero-order valence-electron chi connectivity index (χ0n) is 8.60. The van der Waals surface area contributed by atoms with Crippen LogP contribution in [0.3, 0.4) is 0 Å². The average Bonchev–Trinajstić information content (AvgIpc) is 2.51. The Balaban J connectivity index is 2.76. The fraction of sp³-hybridized carbons (Fsp3) is 0.750. The molecule has 1 aliphatic rings. The van der Waals surface area contributed by atoms with E-state index in [-0.39, 0.29) is 11.2 Å². The molecule has 0 atom stereocenters. The summed E-state index contributed by atoms with van der Waals surface area (Å²) in [6, 6.07) is 0. The van der Waals surface area contributed by atoms with Crippen molar-refractivity contribution >= 4 is 5.78 Å². The summed E-state index contributed by atoms with van der Waals surface area (Å²) in [6.07, 6.45) is 10.5. The van der Waals surface area contributed by atoms with Crippen LogP contribution in [-0.4, -0.2) is 5.78 Å². The van der Waals surface area contributed by atoms with Crippen molar-refractivity contribution in [2.75, 3.05) is 0 Å². The first-order valence-corrected chi connectivity index (χ1v) is 5.12. The van der Waals surface area contributed by atoms with Crippen molar-refractivity contribution in [3.8, 4) is 12.3 Å². The molecule has 1 fully saturated rings. The Morgan fingerprint density at radius 1 is 1.46 bits per heavy atom. The van der Waals surface area contributed by atoms with Crippen LogP contribution in [0.5, 0.6) is 0 Å². The maximum Gasteiger partial charge on any atom is 0.211 e. The molecule has 0 amide bonds. The molecule has 13 heavy (non-hydrogen) atoms. The molecule has 0 N–H and O–H groups in total. The largest absolute Gasteiger partial charge is 0.284 e. The zero-order valence-corrected chi connectivity index (χ0v) is 8.60. The molecule has 0 aliphatic heterocycles. The first-order valence-electron chi connectivity index (χ1n) is 5.12. The van der Waals surface area contributed by atoms with Gasteiger partial charge in [-0.25, -0.2) is 0 Å². The van der Waals surface area contributed by atoms with Crippen molar-refractivity contribution in [1.82, 2.24) is 0 Å². The molecule has 0 saturated heterocycles. The lowest BCUT2D eigenvalue weighted by molar-refractivity contribution is -0.123.